The summed E-state index contributed by atoms with van der Waals surface area (Å²) in [5, 5.41) is 6.94. The van der Waals surface area contributed by atoms with E-state index < -0.39 is 0 Å². The van der Waals surface area contributed by atoms with E-state index in [1.807, 2.05) is 0 Å². The van der Waals surface area contributed by atoms with Crippen LogP contribution >= 0.6 is 0 Å². The van der Waals surface area contributed by atoms with Crippen LogP contribution in [0, 0.1) is 0 Å². The predicted octanol–water partition coefficient (Wildman–Crippen LogP) is 1.04. The first-order chi connectivity index (χ1) is 5.42. The molecule has 0 aliphatic carbocycles. The topological polar surface area (TPSA) is 47.3 Å². The van der Waals surface area contributed by atoms with Crippen molar-refractivity contribution in [2.24, 2.45) is 0 Å². The van der Waals surface area contributed by atoms with Gasteiger partial charge in [0.2, 0.25) is 0 Å². The van der Waals surface area contributed by atoms with Crippen molar-refractivity contribution >= 4 is 5.69 Å². The summed E-state index contributed by atoms with van der Waals surface area (Å²) in [7, 11) is 1.59. The summed E-state index contributed by atoms with van der Waals surface area (Å²) in [6.45, 7) is 0.977. The van der Waals surface area contributed by atoms with Crippen LogP contribution in [0.2, 0.25) is 0 Å². The Labute approximate surface area is 64.5 Å². The van der Waals surface area contributed by atoms with Crippen LogP contribution < -0.4 is 10.1 Å². The molecule has 0 atom stereocenters. The van der Waals surface area contributed by atoms with Crippen molar-refractivity contribution < 1.29 is 9.26 Å². The Kier molecular flexibility index (Phi) is 1.45. The van der Waals surface area contributed by atoms with Crippen LogP contribution in [0.1, 0.15) is 12.2 Å². The number of nitrogens with one attached hydrogen (secondary N) is 1. The van der Waals surface area contributed by atoms with E-state index in [0.29, 0.717) is 5.88 Å². The number of fused-ring (bicyclic) bond motifs is 1. The van der Waals surface area contributed by atoms with Crippen LogP contribution in [-0.4, -0.2) is 18.8 Å². The van der Waals surface area contributed by atoms with E-state index in [-0.39, 0.29) is 0 Å². The van der Waals surface area contributed by atoms with E-state index in [1.165, 1.54) is 0 Å². The summed E-state index contributed by atoms with van der Waals surface area (Å²) in [6, 6.07) is 0. The molecule has 60 valence electrons. The molecule has 4 nitrogen and oxygen atoms in total. The number of ether oxygens (including phenoxy) is 1. The predicted molar refractivity (Wildman–Crippen MR) is 39.9 cm³/mol. The summed E-state index contributed by atoms with van der Waals surface area (Å²) >= 11 is 0. The van der Waals surface area contributed by atoms with E-state index in [4.69, 9.17) is 9.26 Å². The van der Waals surface area contributed by atoms with Gasteiger partial charge in [0.25, 0.3) is 5.88 Å². The van der Waals surface area contributed by atoms with Gasteiger partial charge in [0, 0.05) is 13.0 Å². The van der Waals surface area contributed by atoms with Gasteiger partial charge in [0.1, 0.15) is 5.69 Å². The number of nitrogens with zero attached hydrogens (tertiary/aromatic N) is 1. The Bertz CT molecular complexity index is 243. The number of hydrogen-bond donors (Lipinski definition) is 1. The van der Waals surface area contributed by atoms with Crippen LogP contribution in [0.3, 0.4) is 0 Å². The lowest BCUT2D eigenvalue weighted by molar-refractivity contribution is 0.326. The Morgan fingerprint density at radius 3 is 3.36 bits per heavy atom. The molecule has 1 N–H and O–H groups in total. The van der Waals surface area contributed by atoms with Gasteiger partial charge in [-0.05, 0) is 11.6 Å². The van der Waals surface area contributed by atoms with Crippen LogP contribution in [0.25, 0.3) is 0 Å². The van der Waals surface area contributed by atoms with Crippen molar-refractivity contribution in [1.29, 1.82) is 0 Å². The highest BCUT2D eigenvalue weighted by molar-refractivity contribution is 5.56. The van der Waals surface area contributed by atoms with E-state index in [2.05, 4.69) is 10.5 Å². The third-order valence-electron chi connectivity index (χ3n) is 1.81. The van der Waals surface area contributed by atoms with E-state index in [0.717, 1.165) is 30.8 Å². The zero-order valence-corrected chi connectivity index (χ0v) is 6.39. The minimum atomic E-state index is 0.569. The molecule has 0 amide bonds. The maximum atomic E-state index is 5.04. The summed E-state index contributed by atoms with van der Waals surface area (Å²) in [4.78, 5) is 0. The number of hydrogen-bond acceptors (Lipinski definition) is 4. The summed E-state index contributed by atoms with van der Waals surface area (Å²) in [5.41, 5.74) is 0.929. The molecule has 1 aliphatic rings. The quantitative estimate of drug-likeness (QED) is 0.656. The Balaban J connectivity index is 2.38. The Hall–Kier alpha value is -1.19. The number of aromatic nitrogens is 1. The molecule has 0 fully saturated rings. The first kappa shape index (κ1) is 6.52. The van der Waals surface area contributed by atoms with Crippen LogP contribution in [-0.2, 0) is 6.42 Å². The molecule has 0 bridgehead atoms. The first-order valence-corrected chi connectivity index (χ1v) is 3.68. The SMILES string of the molecule is COc1noc2c1NCCC2. The lowest BCUT2D eigenvalue weighted by atomic mass is 10.1. The van der Waals surface area contributed by atoms with Crippen LogP contribution in [0.5, 0.6) is 5.88 Å². The van der Waals surface area contributed by atoms with Crippen LogP contribution in [0.4, 0.5) is 5.69 Å². The van der Waals surface area contributed by atoms with Crippen molar-refractivity contribution in [2.75, 3.05) is 19.0 Å². The molecule has 0 radical (unpaired) electrons. The largest absolute Gasteiger partial charge is 0.477 e. The Morgan fingerprint density at radius 1 is 1.64 bits per heavy atom. The van der Waals surface area contributed by atoms with Gasteiger partial charge in [-0.3, -0.25) is 0 Å². The van der Waals surface area contributed by atoms with Crippen molar-refractivity contribution in [3.63, 3.8) is 0 Å². The molecule has 11 heavy (non-hydrogen) atoms. The van der Waals surface area contributed by atoms with Crippen molar-refractivity contribution in [3.05, 3.63) is 5.76 Å². The number of aryl methyl sites for hydroxylation is 1. The van der Waals surface area contributed by atoms with Gasteiger partial charge >= 0.3 is 0 Å². The first-order valence-electron chi connectivity index (χ1n) is 3.68. The molecule has 0 saturated heterocycles. The minimum Gasteiger partial charge on any atom is -0.477 e. The second-order valence-corrected chi connectivity index (χ2v) is 2.52. The van der Waals surface area contributed by atoms with Gasteiger partial charge in [0.05, 0.1) is 7.11 Å². The van der Waals surface area contributed by atoms with E-state index >= 15 is 0 Å². The van der Waals surface area contributed by atoms with Gasteiger partial charge in [-0.15, -0.1) is 0 Å². The van der Waals surface area contributed by atoms with E-state index in [1.54, 1.807) is 7.11 Å². The Morgan fingerprint density at radius 2 is 2.55 bits per heavy atom. The highest BCUT2D eigenvalue weighted by atomic mass is 16.5. The second kappa shape index (κ2) is 2.45. The third-order valence-corrected chi connectivity index (χ3v) is 1.81. The summed E-state index contributed by atoms with van der Waals surface area (Å²) < 4.78 is 10.0. The molecule has 0 spiro atoms. The van der Waals surface area contributed by atoms with E-state index in [9.17, 15) is 0 Å². The molecular formula is C7H10N2O2. The lowest BCUT2D eigenvalue weighted by Crippen LogP contribution is -2.10. The molecule has 4 heteroatoms. The normalized spacial score (nSPS) is 15.4. The second-order valence-electron chi connectivity index (χ2n) is 2.52. The molecule has 0 aromatic carbocycles. The highest BCUT2D eigenvalue weighted by Gasteiger charge is 2.18. The van der Waals surface area contributed by atoms with Gasteiger partial charge in [-0.2, -0.15) is 0 Å². The standard InChI is InChI=1S/C7H10N2O2/c1-10-7-6-5(11-9-7)3-2-4-8-6/h8H,2-4H2,1H3. The minimum absolute atomic E-state index is 0.569. The molecule has 0 unspecified atom stereocenters. The van der Waals surface area contributed by atoms with Crippen molar-refractivity contribution in [2.45, 2.75) is 12.8 Å². The monoisotopic (exact) mass is 154 g/mol. The number of rotatable bonds is 1. The zero-order chi connectivity index (χ0) is 7.68. The molecule has 1 aliphatic heterocycles. The zero-order valence-electron chi connectivity index (χ0n) is 6.39. The maximum absolute atomic E-state index is 5.04. The van der Waals surface area contributed by atoms with Crippen molar-refractivity contribution in [1.82, 2.24) is 5.16 Å². The molecule has 1 aromatic heterocycles. The van der Waals surface area contributed by atoms with Gasteiger partial charge < -0.3 is 14.6 Å². The molecular weight excluding hydrogens is 144 g/mol. The average Bonchev–Trinajstić information content (AvgIpc) is 2.47. The molecule has 2 rings (SSSR count). The fourth-order valence-electron chi connectivity index (χ4n) is 1.25. The average molecular weight is 154 g/mol. The molecule has 1 aromatic rings. The molecule has 0 saturated carbocycles. The third kappa shape index (κ3) is 0.943. The summed E-state index contributed by atoms with van der Waals surface area (Å²) in [6.07, 6.45) is 2.06. The smallest absolute Gasteiger partial charge is 0.277 e. The van der Waals surface area contributed by atoms with Crippen LogP contribution in [0.15, 0.2) is 4.52 Å². The van der Waals surface area contributed by atoms with Gasteiger partial charge in [-0.1, -0.05) is 0 Å². The number of methoxy groups -OCH3 is 1. The maximum Gasteiger partial charge on any atom is 0.277 e. The lowest BCUT2D eigenvalue weighted by Gasteiger charge is -2.10. The summed E-state index contributed by atoms with van der Waals surface area (Å²) in [5.74, 6) is 1.48. The fraction of sp³-hybridized carbons (Fsp3) is 0.571. The van der Waals surface area contributed by atoms with Crippen molar-refractivity contribution in [3.8, 4) is 5.88 Å². The highest BCUT2D eigenvalue weighted by Crippen LogP contribution is 2.30. The van der Waals surface area contributed by atoms with Gasteiger partial charge in [-0.25, -0.2) is 0 Å². The fourth-order valence-corrected chi connectivity index (χ4v) is 1.25. The van der Waals surface area contributed by atoms with Gasteiger partial charge in [0.15, 0.2) is 5.76 Å². The number of anilines is 1. The molecule has 2 heterocycles.